The zero-order chi connectivity index (χ0) is 13.4. The number of nitrogens with one attached hydrogen (secondary N) is 2. The maximum Gasteiger partial charge on any atom is 0.116 e. The van der Waals surface area contributed by atoms with E-state index in [-0.39, 0.29) is 0 Å². The topological polar surface area (TPSA) is 57.4 Å². The van der Waals surface area contributed by atoms with Crippen molar-refractivity contribution in [3.8, 4) is 11.4 Å². The summed E-state index contributed by atoms with van der Waals surface area (Å²) < 4.78 is 0. The van der Waals surface area contributed by atoms with E-state index in [2.05, 4.69) is 20.4 Å². The normalized spacial score (nSPS) is 19.0. The number of rotatable bonds is 1. The molecular weight excluding hydrogens is 248 g/mol. The summed E-state index contributed by atoms with van der Waals surface area (Å²) in [7, 11) is 0. The smallest absolute Gasteiger partial charge is 0.116 e. The summed E-state index contributed by atoms with van der Waals surface area (Å²) in [5.41, 5.74) is 7.82. The zero-order valence-electron chi connectivity index (χ0n) is 12.0. The SMILES string of the molecule is C1CCc2[nH]nc(-c3n[nH]c4c3CCCCC4)c2CC1. The Balaban J connectivity index is 1.78. The highest BCUT2D eigenvalue weighted by Gasteiger charge is 2.23. The molecule has 2 aromatic rings. The van der Waals surface area contributed by atoms with Crippen LogP contribution in [0.2, 0.25) is 0 Å². The van der Waals surface area contributed by atoms with Crippen LogP contribution >= 0.6 is 0 Å². The van der Waals surface area contributed by atoms with Gasteiger partial charge in [-0.2, -0.15) is 10.2 Å². The highest BCUT2D eigenvalue weighted by Crippen LogP contribution is 2.33. The summed E-state index contributed by atoms with van der Waals surface area (Å²) in [6, 6.07) is 0. The minimum absolute atomic E-state index is 1.13. The molecular formula is C16H22N4. The predicted molar refractivity (Wildman–Crippen MR) is 78.7 cm³/mol. The van der Waals surface area contributed by atoms with Gasteiger partial charge in [-0.15, -0.1) is 0 Å². The number of aryl methyl sites for hydroxylation is 2. The Hall–Kier alpha value is -1.58. The predicted octanol–water partition coefficient (Wildman–Crippen LogP) is 3.34. The molecule has 2 aliphatic carbocycles. The highest BCUT2D eigenvalue weighted by atomic mass is 15.2. The van der Waals surface area contributed by atoms with E-state index in [0.717, 1.165) is 37.1 Å². The molecule has 0 saturated heterocycles. The number of nitrogens with zero attached hydrogens (tertiary/aromatic N) is 2. The van der Waals surface area contributed by atoms with Gasteiger partial charge in [-0.1, -0.05) is 12.8 Å². The highest BCUT2D eigenvalue weighted by molar-refractivity contribution is 5.65. The summed E-state index contributed by atoms with van der Waals surface area (Å²) in [5, 5.41) is 15.8. The van der Waals surface area contributed by atoms with Gasteiger partial charge < -0.3 is 0 Å². The fourth-order valence-electron chi connectivity index (χ4n) is 3.71. The van der Waals surface area contributed by atoms with Crippen LogP contribution in [0.1, 0.15) is 61.0 Å². The fraction of sp³-hybridized carbons (Fsp3) is 0.625. The van der Waals surface area contributed by atoms with Gasteiger partial charge in [-0.3, -0.25) is 10.2 Å². The minimum atomic E-state index is 1.13. The van der Waals surface area contributed by atoms with Crippen molar-refractivity contribution >= 4 is 0 Å². The molecule has 0 atom stereocenters. The average molecular weight is 270 g/mol. The molecule has 4 heteroatoms. The van der Waals surface area contributed by atoms with E-state index in [1.807, 2.05) is 0 Å². The zero-order valence-corrected chi connectivity index (χ0v) is 12.0. The van der Waals surface area contributed by atoms with Crippen molar-refractivity contribution in [1.29, 1.82) is 0 Å². The first kappa shape index (κ1) is 12.2. The first-order valence-corrected chi connectivity index (χ1v) is 8.06. The molecule has 0 unspecified atom stereocenters. The van der Waals surface area contributed by atoms with Crippen LogP contribution in [-0.2, 0) is 25.7 Å². The van der Waals surface area contributed by atoms with Crippen LogP contribution in [0.4, 0.5) is 0 Å². The monoisotopic (exact) mass is 270 g/mol. The van der Waals surface area contributed by atoms with Gasteiger partial charge in [0.1, 0.15) is 11.4 Å². The Kier molecular flexibility index (Phi) is 3.09. The molecule has 0 amide bonds. The summed E-state index contributed by atoms with van der Waals surface area (Å²) in [6.07, 6.45) is 12.4. The molecule has 4 rings (SSSR count). The fourth-order valence-corrected chi connectivity index (χ4v) is 3.71. The Bertz CT molecular complexity index is 554. The van der Waals surface area contributed by atoms with Crippen molar-refractivity contribution in [3.63, 3.8) is 0 Å². The third kappa shape index (κ3) is 1.98. The molecule has 0 radical (unpaired) electrons. The number of aromatic nitrogens is 4. The first-order valence-electron chi connectivity index (χ1n) is 8.06. The van der Waals surface area contributed by atoms with Crippen LogP contribution in [0.25, 0.3) is 11.4 Å². The molecule has 4 nitrogen and oxygen atoms in total. The number of fused-ring (bicyclic) bond motifs is 2. The second kappa shape index (κ2) is 5.08. The van der Waals surface area contributed by atoms with E-state index in [0.29, 0.717) is 0 Å². The maximum absolute atomic E-state index is 4.61. The van der Waals surface area contributed by atoms with E-state index in [9.17, 15) is 0 Å². The molecule has 0 aliphatic heterocycles. The number of hydrogen-bond acceptors (Lipinski definition) is 2. The van der Waals surface area contributed by atoms with Crippen molar-refractivity contribution in [1.82, 2.24) is 20.4 Å². The van der Waals surface area contributed by atoms with E-state index in [4.69, 9.17) is 0 Å². The molecule has 2 heterocycles. The van der Waals surface area contributed by atoms with Gasteiger partial charge >= 0.3 is 0 Å². The number of hydrogen-bond donors (Lipinski definition) is 2. The minimum Gasteiger partial charge on any atom is -0.282 e. The van der Waals surface area contributed by atoms with Crippen LogP contribution in [-0.4, -0.2) is 20.4 Å². The molecule has 0 aromatic carbocycles. The molecule has 20 heavy (non-hydrogen) atoms. The Morgan fingerprint density at radius 2 is 1.00 bits per heavy atom. The maximum atomic E-state index is 4.61. The summed E-state index contributed by atoms with van der Waals surface area (Å²) in [4.78, 5) is 0. The van der Waals surface area contributed by atoms with Gasteiger partial charge in [-0.05, 0) is 51.4 Å². The third-order valence-corrected chi connectivity index (χ3v) is 4.84. The molecule has 2 aromatic heterocycles. The number of aromatic amines is 2. The summed E-state index contributed by atoms with van der Waals surface area (Å²) in [6.45, 7) is 0. The quantitative estimate of drug-likeness (QED) is 0.781. The van der Waals surface area contributed by atoms with E-state index >= 15 is 0 Å². The van der Waals surface area contributed by atoms with Crippen LogP contribution in [0.15, 0.2) is 0 Å². The molecule has 0 bridgehead atoms. The van der Waals surface area contributed by atoms with Crippen LogP contribution in [0.3, 0.4) is 0 Å². The van der Waals surface area contributed by atoms with Crippen molar-refractivity contribution < 1.29 is 0 Å². The van der Waals surface area contributed by atoms with Gasteiger partial charge in [0.2, 0.25) is 0 Å². The molecule has 2 N–H and O–H groups in total. The molecule has 2 aliphatic rings. The van der Waals surface area contributed by atoms with Crippen LogP contribution in [0.5, 0.6) is 0 Å². The van der Waals surface area contributed by atoms with Crippen molar-refractivity contribution in [3.05, 3.63) is 22.5 Å². The van der Waals surface area contributed by atoms with Gasteiger partial charge in [0.05, 0.1) is 0 Å². The summed E-state index contributed by atoms with van der Waals surface area (Å²) in [5.74, 6) is 0. The van der Waals surface area contributed by atoms with Crippen LogP contribution in [0, 0.1) is 0 Å². The van der Waals surface area contributed by atoms with Crippen molar-refractivity contribution in [2.75, 3.05) is 0 Å². The lowest BCUT2D eigenvalue weighted by atomic mass is 10.0. The molecule has 0 saturated carbocycles. The second-order valence-corrected chi connectivity index (χ2v) is 6.18. The second-order valence-electron chi connectivity index (χ2n) is 6.18. The molecule has 106 valence electrons. The third-order valence-electron chi connectivity index (χ3n) is 4.84. The van der Waals surface area contributed by atoms with E-state index in [1.54, 1.807) is 0 Å². The Morgan fingerprint density at radius 1 is 0.550 bits per heavy atom. The van der Waals surface area contributed by atoms with E-state index in [1.165, 1.54) is 61.0 Å². The first-order chi connectivity index (χ1) is 9.93. The largest absolute Gasteiger partial charge is 0.282 e. The van der Waals surface area contributed by atoms with Gasteiger partial charge in [-0.25, -0.2) is 0 Å². The lowest BCUT2D eigenvalue weighted by molar-refractivity contribution is 0.700. The van der Waals surface area contributed by atoms with Gasteiger partial charge in [0, 0.05) is 22.5 Å². The molecule has 0 spiro atoms. The average Bonchev–Trinajstić information content (AvgIpc) is 2.85. The standard InChI is InChI=1S/C16H22N4/c1-3-7-11-13(9-5-1)17-19-15(11)16-12-8-4-2-6-10-14(12)18-20-16/h1-10H2,(H,17,19)(H,18,20). The van der Waals surface area contributed by atoms with E-state index < -0.39 is 0 Å². The van der Waals surface area contributed by atoms with Crippen LogP contribution < -0.4 is 0 Å². The molecule has 0 fully saturated rings. The number of H-pyrrole nitrogens is 2. The van der Waals surface area contributed by atoms with Gasteiger partial charge in [0.15, 0.2) is 0 Å². The van der Waals surface area contributed by atoms with Crippen molar-refractivity contribution in [2.24, 2.45) is 0 Å². The van der Waals surface area contributed by atoms with Gasteiger partial charge in [0.25, 0.3) is 0 Å². The summed E-state index contributed by atoms with van der Waals surface area (Å²) >= 11 is 0. The van der Waals surface area contributed by atoms with Crippen molar-refractivity contribution in [2.45, 2.75) is 64.2 Å². The Morgan fingerprint density at radius 3 is 1.50 bits per heavy atom. The lowest BCUT2D eigenvalue weighted by Gasteiger charge is -2.03. The lowest BCUT2D eigenvalue weighted by Crippen LogP contribution is -1.93. The Labute approximate surface area is 119 Å².